The molecule has 1 aliphatic carbocycles. The molecule has 1 saturated carbocycles. The molecule has 0 amide bonds. The molecule has 194 valence electrons. The Hall–Kier alpha value is -1.70. The number of hydrogen-bond acceptors (Lipinski definition) is 6. The largest absolute Gasteiger partial charge is 0.481 e. The van der Waals surface area contributed by atoms with Gasteiger partial charge in [0.25, 0.3) is 0 Å². The van der Waals surface area contributed by atoms with E-state index in [-0.39, 0.29) is 31.0 Å². The van der Waals surface area contributed by atoms with E-state index in [1.807, 2.05) is 6.08 Å². The predicted molar refractivity (Wildman–Crippen MR) is 130 cm³/mol. The molecule has 1 saturated heterocycles. The SMILES string of the molecule is COC(=O)CC=CC[C@@H](O)[C@](C=CCCCCCCOC1CCCCO1)(C(=O)O)C1CCCC1. The summed E-state index contributed by atoms with van der Waals surface area (Å²) in [6.07, 6.45) is 18.0. The van der Waals surface area contributed by atoms with Crippen molar-refractivity contribution in [1.29, 1.82) is 0 Å². The second-order valence-electron chi connectivity index (χ2n) is 9.49. The second-order valence-corrected chi connectivity index (χ2v) is 9.49. The van der Waals surface area contributed by atoms with Crippen LogP contribution in [0.4, 0.5) is 0 Å². The van der Waals surface area contributed by atoms with Crippen LogP contribution in [0.2, 0.25) is 0 Å². The molecule has 34 heavy (non-hydrogen) atoms. The zero-order valence-electron chi connectivity index (χ0n) is 20.8. The number of carbonyl (C=O) groups is 2. The number of carbonyl (C=O) groups excluding carboxylic acids is 1. The molecule has 0 aromatic rings. The van der Waals surface area contributed by atoms with Crippen molar-refractivity contribution in [2.45, 2.75) is 102 Å². The summed E-state index contributed by atoms with van der Waals surface area (Å²) < 4.78 is 15.9. The molecule has 0 spiro atoms. The van der Waals surface area contributed by atoms with E-state index in [1.54, 1.807) is 18.2 Å². The fourth-order valence-electron chi connectivity index (χ4n) is 5.05. The van der Waals surface area contributed by atoms with E-state index in [2.05, 4.69) is 4.74 Å². The molecule has 2 rings (SSSR count). The van der Waals surface area contributed by atoms with Gasteiger partial charge in [-0.15, -0.1) is 0 Å². The zero-order chi connectivity index (χ0) is 24.7. The van der Waals surface area contributed by atoms with Gasteiger partial charge in [-0.2, -0.15) is 0 Å². The summed E-state index contributed by atoms with van der Waals surface area (Å²) in [5.41, 5.74) is -1.29. The molecular formula is C27H44O7. The van der Waals surface area contributed by atoms with Crippen LogP contribution in [0.1, 0.15) is 89.9 Å². The van der Waals surface area contributed by atoms with E-state index in [1.165, 1.54) is 13.5 Å². The topological polar surface area (TPSA) is 102 Å². The quantitative estimate of drug-likeness (QED) is 0.178. The number of aliphatic carboxylic acids is 1. The first-order chi connectivity index (χ1) is 16.5. The van der Waals surface area contributed by atoms with E-state index in [0.29, 0.717) is 0 Å². The molecule has 2 fully saturated rings. The second kappa shape index (κ2) is 16.1. The van der Waals surface area contributed by atoms with Gasteiger partial charge in [0, 0.05) is 13.2 Å². The maximum atomic E-state index is 12.5. The van der Waals surface area contributed by atoms with E-state index < -0.39 is 17.5 Å². The molecular weight excluding hydrogens is 436 g/mol. The molecule has 7 nitrogen and oxygen atoms in total. The number of aliphatic hydroxyl groups is 1. The van der Waals surface area contributed by atoms with Crippen LogP contribution in [-0.2, 0) is 23.8 Å². The predicted octanol–water partition coefficient (Wildman–Crippen LogP) is 5.17. The van der Waals surface area contributed by atoms with Gasteiger partial charge >= 0.3 is 11.9 Å². The minimum atomic E-state index is -1.29. The minimum absolute atomic E-state index is 0.0295. The Bertz CT molecular complexity index is 647. The highest BCUT2D eigenvalue weighted by atomic mass is 16.7. The number of allylic oxidation sites excluding steroid dienone is 1. The molecule has 0 aromatic heterocycles. The molecule has 0 aromatic carbocycles. The fourth-order valence-corrected chi connectivity index (χ4v) is 5.05. The van der Waals surface area contributed by atoms with Crippen molar-refractivity contribution in [3.05, 3.63) is 24.3 Å². The highest BCUT2D eigenvalue weighted by Gasteiger charge is 2.49. The number of aliphatic hydroxyl groups excluding tert-OH is 1. The van der Waals surface area contributed by atoms with Gasteiger partial charge in [0.05, 0.1) is 19.6 Å². The van der Waals surface area contributed by atoms with Gasteiger partial charge in [0.2, 0.25) is 0 Å². The third kappa shape index (κ3) is 9.16. The van der Waals surface area contributed by atoms with Crippen molar-refractivity contribution in [3.8, 4) is 0 Å². The van der Waals surface area contributed by atoms with Crippen molar-refractivity contribution >= 4 is 11.9 Å². The average molecular weight is 481 g/mol. The van der Waals surface area contributed by atoms with E-state index in [0.717, 1.165) is 83.8 Å². The number of unbranched alkanes of at least 4 members (excludes halogenated alkanes) is 4. The summed E-state index contributed by atoms with van der Waals surface area (Å²) in [7, 11) is 1.33. The number of methoxy groups -OCH3 is 1. The number of ether oxygens (including phenoxy) is 3. The van der Waals surface area contributed by atoms with Gasteiger partial charge < -0.3 is 24.4 Å². The van der Waals surface area contributed by atoms with Crippen LogP contribution >= 0.6 is 0 Å². The van der Waals surface area contributed by atoms with Crippen molar-refractivity contribution in [2.75, 3.05) is 20.3 Å². The first-order valence-corrected chi connectivity index (χ1v) is 13.0. The molecule has 1 heterocycles. The number of hydrogen-bond donors (Lipinski definition) is 2. The molecule has 0 bridgehead atoms. The minimum Gasteiger partial charge on any atom is -0.481 e. The number of carboxylic acids is 1. The highest BCUT2D eigenvalue weighted by Crippen LogP contribution is 2.45. The third-order valence-electron chi connectivity index (χ3n) is 7.09. The summed E-state index contributed by atoms with van der Waals surface area (Å²) in [4.78, 5) is 23.7. The standard InChI is InChI=1S/C27H44O7/c1-32-24(29)17-9-8-16-23(28)27(26(30)31,22-14-6-7-15-22)19-11-4-2-3-5-12-20-33-25-18-10-13-21-34-25/h8-9,11,19,22-23,25,28H,2-7,10,12-18,20-21H2,1H3,(H,30,31)/t23-,25?,27-/m1/s1. The number of esters is 1. The van der Waals surface area contributed by atoms with Crippen LogP contribution in [0.15, 0.2) is 24.3 Å². The van der Waals surface area contributed by atoms with Crippen molar-refractivity contribution in [3.63, 3.8) is 0 Å². The van der Waals surface area contributed by atoms with E-state index in [9.17, 15) is 19.8 Å². The molecule has 1 unspecified atom stereocenters. The Morgan fingerprint density at radius 3 is 2.44 bits per heavy atom. The first-order valence-electron chi connectivity index (χ1n) is 13.0. The van der Waals surface area contributed by atoms with Gasteiger partial charge in [0.15, 0.2) is 6.29 Å². The van der Waals surface area contributed by atoms with E-state index >= 15 is 0 Å². The van der Waals surface area contributed by atoms with E-state index in [4.69, 9.17) is 9.47 Å². The smallest absolute Gasteiger partial charge is 0.316 e. The Balaban J connectivity index is 1.81. The fraction of sp³-hybridized carbons (Fsp3) is 0.778. The summed E-state index contributed by atoms with van der Waals surface area (Å²) >= 11 is 0. The monoisotopic (exact) mass is 480 g/mol. The van der Waals surface area contributed by atoms with Crippen LogP contribution in [0.3, 0.4) is 0 Å². The van der Waals surface area contributed by atoms with Crippen molar-refractivity contribution in [2.24, 2.45) is 11.3 Å². The Kier molecular flexibility index (Phi) is 13.5. The highest BCUT2D eigenvalue weighted by molar-refractivity contribution is 5.78. The molecule has 2 N–H and O–H groups in total. The zero-order valence-corrected chi connectivity index (χ0v) is 20.8. The normalized spacial score (nSPS) is 22.2. The lowest BCUT2D eigenvalue weighted by Crippen LogP contribution is -2.46. The summed E-state index contributed by atoms with van der Waals surface area (Å²) in [5.74, 6) is -1.41. The number of rotatable bonds is 16. The van der Waals surface area contributed by atoms with Crippen LogP contribution in [-0.4, -0.2) is 54.9 Å². The molecule has 0 radical (unpaired) electrons. The Morgan fingerprint density at radius 1 is 1.03 bits per heavy atom. The van der Waals surface area contributed by atoms with Crippen LogP contribution in [0.5, 0.6) is 0 Å². The number of carboxylic acid groups (broad SMARTS) is 1. The Morgan fingerprint density at radius 2 is 1.76 bits per heavy atom. The van der Waals surface area contributed by atoms with Crippen molar-refractivity contribution in [1.82, 2.24) is 0 Å². The molecule has 1 aliphatic heterocycles. The summed E-state index contributed by atoms with van der Waals surface area (Å²) in [6, 6.07) is 0. The summed E-state index contributed by atoms with van der Waals surface area (Å²) in [5, 5.41) is 21.2. The van der Waals surface area contributed by atoms with Gasteiger partial charge in [-0.05, 0) is 63.7 Å². The average Bonchev–Trinajstić information content (AvgIpc) is 3.38. The maximum absolute atomic E-state index is 12.5. The molecule has 3 atom stereocenters. The first kappa shape index (κ1) is 28.5. The lowest BCUT2D eigenvalue weighted by Gasteiger charge is -2.36. The van der Waals surface area contributed by atoms with Crippen molar-refractivity contribution < 1.29 is 34.0 Å². The van der Waals surface area contributed by atoms with Gasteiger partial charge in [-0.3, -0.25) is 9.59 Å². The van der Waals surface area contributed by atoms with Gasteiger partial charge in [-0.1, -0.05) is 50.0 Å². The summed E-state index contributed by atoms with van der Waals surface area (Å²) in [6.45, 7) is 1.52. The maximum Gasteiger partial charge on any atom is 0.316 e. The third-order valence-corrected chi connectivity index (χ3v) is 7.09. The molecule has 2 aliphatic rings. The van der Waals surface area contributed by atoms with Crippen LogP contribution < -0.4 is 0 Å². The molecule has 7 heteroatoms. The lowest BCUT2D eigenvalue weighted by atomic mass is 9.68. The lowest BCUT2D eigenvalue weighted by molar-refractivity contribution is -0.162. The van der Waals surface area contributed by atoms with Gasteiger partial charge in [0.1, 0.15) is 5.41 Å². The van der Waals surface area contributed by atoms with Crippen LogP contribution in [0.25, 0.3) is 0 Å². The van der Waals surface area contributed by atoms with Crippen LogP contribution in [0, 0.1) is 11.3 Å². The Labute approximate surface area is 204 Å². The van der Waals surface area contributed by atoms with Gasteiger partial charge in [-0.25, -0.2) is 0 Å².